The smallest absolute Gasteiger partial charge is 0.407 e. The molecule has 1 aliphatic carbocycles. The van der Waals surface area contributed by atoms with Gasteiger partial charge in [-0.2, -0.15) is 0 Å². The average molecular weight is 698 g/mol. The SMILES string of the molecule is CC(C)(C)OC(=O)NCC1CCC(C(=O)N[C@@H](Cc2ccc(-c3ccnc(N4CCOCC4)c3)cc2)C(=O)Nc2ccc3c(=O)[nH][nH]c3c2)CC1. The Bertz CT molecular complexity index is 1880. The fraction of sp³-hybridized carbons (Fsp3) is 0.447. The fourth-order valence-electron chi connectivity index (χ4n) is 6.65. The van der Waals surface area contributed by atoms with Crippen molar-refractivity contribution in [1.82, 2.24) is 25.8 Å². The Kier molecular flexibility index (Phi) is 11.0. The number of carbonyl (C=O) groups excluding carboxylic acids is 3. The van der Waals surface area contributed by atoms with Gasteiger partial charge in [-0.1, -0.05) is 24.3 Å². The van der Waals surface area contributed by atoms with Crippen molar-refractivity contribution in [2.24, 2.45) is 11.8 Å². The number of benzene rings is 2. The fourth-order valence-corrected chi connectivity index (χ4v) is 6.65. The van der Waals surface area contributed by atoms with E-state index in [1.807, 2.05) is 57.3 Å². The molecule has 2 aromatic carbocycles. The summed E-state index contributed by atoms with van der Waals surface area (Å²) in [6.07, 6.45) is 4.54. The summed E-state index contributed by atoms with van der Waals surface area (Å²) in [6, 6.07) is 16.2. The van der Waals surface area contributed by atoms with Crippen LogP contribution in [-0.2, 0) is 25.5 Å². The minimum Gasteiger partial charge on any atom is -0.444 e. The number of amides is 3. The van der Waals surface area contributed by atoms with Crippen molar-refractivity contribution in [2.45, 2.75) is 64.5 Å². The number of aromatic amines is 2. The molecule has 0 radical (unpaired) electrons. The van der Waals surface area contributed by atoms with E-state index in [9.17, 15) is 19.2 Å². The average Bonchev–Trinajstić information content (AvgIpc) is 3.50. The Hall–Kier alpha value is -5.17. The van der Waals surface area contributed by atoms with Crippen LogP contribution < -0.4 is 26.4 Å². The highest BCUT2D eigenvalue weighted by atomic mass is 16.6. The largest absolute Gasteiger partial charge is 0.444 e. The summed E-state index contributed by atoms with van der Waals surface area (Å²) in [5, 5.41) is 14.7. The molecule has 13 heteroatoms. The van der Waals surface area contributed by atoms with E-state index in [0.717, 1.165) is 48.4 Å². The van der Waals surface area contributed by atoms with E-state index in [1.165, 1.54) is 0 Å². The van der Waals surface area contributed by atoms with Gasteiger partial charge in [0.2, 0.25) is 11.8 Å². The van der Waals surface area contributed by atoms with E-state index in [1.54, 1.807) is 18.2 Å². The number of H-pyrrole nitrogens is 2. The second-order valence-corrected chi connectivity index (χ2v) is 14.4. The highest BCUT2D eigenvalue weighted by molar-refractivity contribution is 5.99. The monoisotopic (exact) mass is 697 g/mol. The summed E-state index contributed by atoms with van der Waals surface area (Å²) < 4.78 is 10.8. The number of carbonyl (C=O) groups is 3. The van der Waals surface area contributed by atoms with Crippen molar-refractivity contribution in [3.63, 3.8) is 0 Å². The molecule has 51 heavy (non-hydrogen) atoms. The molecule has 13 nitrogen and oxygen atoms in total. The predicted molar refractivity (Wildman–Crippen MR) is 196 cm³/mol. The molecule has 1 saturated heterocycles. The van der Waals surface area contributed by atoms with E-state index in [0.29, 0.717) is 49.2 Å². The Labute approximate surface area is 296 Å². The van der Waals surface area contributed by atoms with E-state index in [2.05, 4.69) is 42.1 Å². The molecule has 1 saturated carbocycles. The Morgan fingerprint density at radius 2 is 1.71 bits per heavy atom. The van der Waals surface area contributed by atoms with Crippen LogP contribution in [0.5, 0.6) is 0 Å². The molecule has 3 amide bonds. The molecule has 2 aliphatic rings. The first-order valence-corrected chi connectivity index (χ1v) is 17.7. The molecule has 1 atom stereocenters. The van der Waals surface area contributed by atoms with Gasteiger partial charge in [0.15, 0.2) is 0 Å². The summed E-state index contributed by atoms with van der Waals surface area (Å²) >= 11 is 0. The molecule has 270 valence electrons. The number of morpholine rings is 1. The third-order valence-electron chi connectivity index (χ3n) is 9.43. The molecule has 3 heterocycles. The zero-order chi connectivity index (χ0) is 36.0. The van der Waals surface area contributed by atoms with Gasteiger partial charge in [0.1, 0.15) is 17.5 Å². The number of hydrogen-bond donors (Lipinski definition) is 5. The number of nitrogens with zero attached hydrogens (tertiary/aromatic N) is 2. The number of alkyl carbamates (subject to hydrolysis) is 1. The van der Waals surface area contributed by atoms with Crippen molar-refractivity contribution < 1.29 is 23.9 Å². The first kappa shape index (κ1) is 35.6. The molecule has 0 unspecified atom stereocenters. The van der Waals surface area contributed by atoms with Crippen molar-refractivity contribution in [2.75, 3.05) is 43.1 Å². The number of nitrogens with one attached hydrogen (secondary N) is 5. The molecule has 2 aromatic heterocycles. The molecule has 4 aromatic rings. The van der Waals surface area contributed by atoms with Crippen LogP contribution in [0.2, 0.25) is 0 Å². The van der Waals surface area contributed by atoms with Crippen molar-refractivity contribution in [1.29, 1.82) is 0 Å². The highest BCUT2D eigenvalue weighted by Crippen LogP contribution is 2.29. The predicted octanol–water partition coefficient (Wildman–Crippen LogP) is 4.75. The Morgan fingerprint density at radius 1 is 0.961 bits per heavy atom. The highest BCUT2D eigenvalue weighted by Gasteiger charge is 2.30. The van der Waals surface area contributed by atoms with Crippen LogP contribution in [0.4, 0.5) is 16.3 Å². The number of rotatable bonds is 10. The molecule has 0 spiro atoms. The first-order chi connectivity index (χ1) is 24.5. The van der Waals surface area contributed by atoms with Gasteiger partial charge in [-0.05, 0) is 99.4 Å². The third-order valence-corrected chi connectivity index (χ3v) is 9.43. The number of hydrogen-bond acceptors (Lipinski definition) is 8. The number of fused-ring (bicyclic) bond motifs is 1. The lowest BCUT2D eigenvalue weighted by Crippen LogP contribution is -2.48. The lowest BCUT2D eigenvalue weighted by molar-refractivity contribution is -0.130. The minimum absolute atomic E-state index is 0.164. The Morgan fingerprint density at radius 3 is 2.43 bits per heavy atom. The number of ether oxygens (including phenoxy) is 2. The maximum atomic E-state index is 13.8. The van der Waals surface area contributed by atoms with Gasteiger partial charge in [0.05, 0.1) is 24.1 Å². The van der Waals surface area contributed by atoms with Gasteiger partial charge in [-0.3, -0.25) is 24.6 Å². The zero-order valence-corrected chi connectivity index (χ0v) is 29.4. The van der Waals surface area contributed by atoms with Gasteiger partial charge in [-0.15, -0.1) is 0 Å². The van der Waals surface area contributed by atoms with Crippen LogP contribution in [-0.4, -0.2) is 77.6 Å². The lowest BCUT2D eigenvalue weighted by atomic mass is 9.81. The topological polar surface area (TPSA) is 171 Å². The Balaban J connectivity index is 1.12. The van der Waals surface area contributed by atoms with Crippen LogP contribution in [0.1, 0.15) is 52.0 Å². The molecule has 1 aliphatic heterocycles. The second kappa shape index (κ2) is 15.8. The summed E-state index contributed by atoms with van der Waals surface area (Å²) in [5.74, 6) is 0.398. The molecular formula is C38H47N7O6. The van der Waals surface area contributed by atoms with Crippen LogP contribution in [0, 0.1) is 11.8 Å². The normalized spacial score (nSPS) is 18.5. The van der Waals surface area contributed by atoms with Crippen molar-refractivity contribution in [3.8, 4) is 11.1 Å². The van der Waals surface area contributed by atoms with Gasteiger partial charge >= 0.3 is 6.09 Å². The van der Waals surface area contributed by atoms with Crippen LogP contribution >= 0.6 is 0 Å². The molecule has 2 fully saturated rings. The van der Waals surface area contributed by atoms with Crippen molar-refractivity contribution in [3.05, 3.63) is 76.7 Å². The standard InChI is InChI=1S/C38H47N7O6/c1-38(2,3)51-37(49)40-23-25-6-10-27(11-7-25)34(46)42-32(36(48)41-29-12-13-30-31(22-29)43-44-35(30)47)20-24-4-8-26(9-5-24)28-14-15-39-33(21-28)45-16-18-50-19-17-45/h4-5,8-9,12-15,21-22,25,27,32H,6-7,10-11,16-20,23H2,1-3H3,(H,40,49)(H,41,48)(H,42,46)(H2,43,44,47)/t25?,27?,32-/m0/s1. The van der Waals surface area contributed by atoms with E-state index >= 15 is 0 Å². The van der Waals surface area contributed by atoms with Crippen molar-refractivity contribution >= 4 is 40.3 Å². The molecule has 6 rings (SSSR count). The zero-order valence-electron chi connectivity index (χ0n) is 29.4. The summed E-state index contributed by atoms with van der Waals surface area (Å²) in [6.45, 7) is 8.93. The number of anilines is 2. The van der Waals surface area contributed by atoms with Crippen LogP contribution in [0.3, 0.4) is 0 Å². The van der Waals surface area contributed by atoms with E-state index in [4.69, 9.17) is 9.47 Å². The van der Waals surface area contributed by atoms with Gasteiger partial charge < -0.3 is 30.3 Å². The maximum absolute atomic E-state index is 13.8. The van der Waals surface area contributed by atoms with Gasteiger partial charge in [0, 0.05) is 43.9 Å². The molecular weight excluding hydrogens is 650 g/mol. The van der Waals surface area contributed by atoms with E-state index in [-0.39, 0.29) is 35.6 Å². The molecule has 0 bridgehead atoms. The maximum Gasteiger partial charge on any atom is 0.407 e. The number of pyridine rings is 1. The quantitative estimate of drug-likeness (QED) is 0.158. The van der Waals surface area contributed by atoms with Crippen LogP contribution in [0.25, 0.3) is 22.0 Å². The summed E-state index contributed by atoms with van der Waals surface area (Å²) in [5.41, 5.74) is 3.22. The molecule has 5 N–H and O–H groups in total. The minimum atomic E-state index is -0.843. The van der Waals surface area contributed by atoms with E-state index < -0.39 is 17.7 Å². The number of aromatic nitrogens is 3. The third kappa shape index (κ3) is 9.54. The second-order valence-electron chi connectivity index (χ2n) is 14.4. The first-order valence-electron chi connectivity index (χ1n) is 17.7. The summed E-state index contributed by atoms with van der Waals surface area (Å²) in [7, 11) is 0. The van der Waals surface area contributed by atoms with Gasteiger partial charge in [-0.25, -0.2) is 9.78 Å². The van der Waals surface area contributed by atoms with Crippen LogP contribution in [0.15, 0.2) is 65.6 Å². The lowest BCUT2D eigenvalue weighted by Gasteiger charge is -2.29. The van der Waals surface area contributed by atoms with Gasteiger partial charge in [0.25, 0.3) is 5.56 Å². The summed E-state index contributed by atoms with van der Waals surface area (Å²) in [4.78, 5) is 58.3.